The zero-order valence-electron chi connectivity index (χ0n) is 11.9. The van der Waals surface area contributed by atoms with E-state index in [-0.39, 0.29) is 11.0 Å². The summed E-state index contributed by atoms with van der Waals surface area (Å²) in [5, 5.41) is 7.26. The smallest absolute Gasteiger partial charge is 0.113 e. The second-order valence-electron chi connectivity index (χ2n) is 6.01. The van der Waals surface area contributed by atoms with Crippen LogP contribution in [0.2, 0.25) is 0 Å². The summed E-state index contributed by atoms with van der Waals surface area (Å²) in [6, 6.07) is 0. The van der Waals surface area contributed by atoms with Gasteiger partial charge in [-0.3, -0.25) is 0 Å². The van der Waals surface area contributed by atoms with Gasteiger partial charge in [0, 0.05) is 10.8 Å². The van der Waals surface area contributed by atoms with Gasteiger partial charge in [-0.2, -0.15) is 11.8 Å². The minimum Gasteiger partial charge on any atom is -0.306 e. The highest BCUT2D eigenvalue weighted by Gasteiger charge is 2.36. The third kappa shape index (κ3) is 2.91. The van der Waals surface area contributed by atoms with Gasteiger partial charge in [0.2, 0.25) is 0 Å². The maximum atomic E-state index is 4.94. The second-order valence-corrected chi connectivity index (χ2v) is 8.10. The summed E-state index contributed by atoms with van der Waals surface area (Å²) in [6.07, 6.45) is 2.42. The highest BCUT2D eigenvalue weighted by atomic mass is 32.2. The van der Waals surface area contributed by atoms with Crippen LogP contribution in [0.4, 0.5) is 0 Å². The maximum Gasteiger partial charge on any atom is 0.113 e. The fourth-order valence-electron chi connectivity index (χ4n) is 2.36. The van der Waals surface area contributed by atoms with E-state index in [1.54, 1.807) is 0 Å². The van der Waals surface area contributed by atoms with Crippen LogP contribution in [-0.2, 0) is 11.0 Å². The summed E-state index contributed by atoms with van der Waals surface area (Å²) in [4.78, 5) is 4.94. The van der Waals surface area contributed by atoms with Crippen molar-refractivity contribution in [2.75, 3.05) is 18.1 Å². The van der Waals surface area contributed by atoms with Gasteiger partial charge in [-0.05, 0) is 30.9 Å². The molecule has 0 amide bonds. The summed E-state index contributed by atoms with van der Waals surface area (Å²) in [5.74, 6) is 2.49. The molecule has 4 heteroatoms. The molecule has 2 nitrogen and oxygen atoms in total. The number of hydrogen-bond acceptors (Lipinski definition) is 4. The maximum absolute atomic E-state index is 4.94. The van der Waals surface area contributed by atoms with Crippen LogP contribution in [0.1, 0.15) is 51.2 Å². The Hall–Kier alpha value is -0.0600. The van der Waals surface area contributed by atoms with Gasteiger partial charge in [0.05, 0.1) is 11.2 Å². The van der Waals surface area contributed by atoms with Crippen LogP contribution in [0.3, 0.4) is 0 Å². The molecule has 1 aliphatic heterocycles. The van der Waals surface area contributed by atoms with E-state index < -0.39 is 0 Å². The second kappa shape index (κ2) is 5.51. The van der Waals surface area contributed by atoms with Crippen molar-refractivity contribution in [1.29, 1.82) is 0 Å². The molecule has 1 N–H and O–H groups in total. The Kier molecular flexibility index (Phi) is 4.40. The van der Waals surface area contributed by atoms with Crippen LogP contribution in [0, 0.1) is 0 Å². The first-order valence-electron chi connectivity index (χ1n) is 6.77. The molecule has 1 aromatic heterocycles. The van der Waals surface area contributed by atoms with Crippen molar-refractivity contribution in [2.45, 2.75) is 51.5 Å². The first-order valence-corrected chi connectivity index (χ1v) is 8.81. The molecule has 0 aromatic carbocycles. The lowest BCUT2D eigenvalue weighted by Crippen LogP contribution is -2.45. The first kappa shape index (κ1) is 14.4. The van der Waals surface area contributed by atoms with Crippen molar-refractivity contribution in [1.82, 2.24) is 10.3 Å². The molecule has 0 atom stereocenters. The Bertz CT molecular complexity index is 381. The Morgan fingerprint density at radius 2 is 2.00 bits per heavy atom. The van der Waals surface area contributed by atoms with E-state index in [1.165, 1.54) is 35.0 Å². The SMILES string of the molecule is CCNC1(c2nc(C(C)(C)C)cs2)CCSCC1. The highest BCUT2D eigenvalue weighted by Crippen LogP contribution is 2.38. The van der Waals surface area contributed by atoms with Crippen LogP contribution in [0.5, 0.6) is 0 Å². The van der Waals surface area contributed by atoms with E-state index in [2.05, 4.69) is 50.2 Å². The van der Waals surface area contributed by atoms with Gasteiger partial charge in [0.25, 0.3) is 0 Å². The standard InChI is InChI=1S/C14H24N2S2/c1-5-15-14(6-8-17-9-7-14)12-16-11(10-18-12)13(2,3)4/h10,15H,5-9H2,1-4H3. The average Bonchev–Trinajstić information content (AvgIpc) is 2.80. The molecule has 1 saturated heterocycles. The number of nitrogens with zero attached hydrogens (tertiary/aromatic N) is 1. The molecule has 0 bridgehead atoms. The number of thiazole rings is 1. The van der Waals surface area contributed by atoms with Crippen molar-refractivity contribution in [3.8, 4) is 0 Å². The van der Waals surface area contributed by atoms with Gasteiger partial charge >= 0.3 is 0 Å². The number of nitrogens with one attached hydrogen (secondary N) is 1. The summed E-state index contributed by atoms with van der Waals surface area (Å²) in [6.45, 7) is 9.93. The normalized spacial score (nSPS) is 20.0. The van der Waals surface area contributed by atoms with Crippen LogP contribution in [-0.4, -0.2) is 23.0 Å². The van der Waals surface area contributed by atoms with Crippen LogP contribution in [0.15, 0.2) is 5.38 Å². The monoisotopic (exact) mass is 284 g/mol. The third-order valence-corrected chi connectivity index (χ3v) is 5.58. The summed E-state index contributed by atoms with van der Waals surface area (Å²) in [5.41, 5.74) is 1.54. The molecule has 102 valence electrons. The van der Waals surface area contributed by atoms with Gasteiger partial charge < -0.3 is 5.32 Å². The molecule has 0 radical (unpaired) electrons. The van der Waals surface area contributed by atoms with Gasteiger partial charge in [0.1, 0.15) is 5.01 Å². The van der Waals surface area contributed by atoms with Gasteiger partial charge in [-0.25, -0.2) is 4.98 Å². The molecule has 18 heavy (non-hydrogen) atoms. The summed E-state index contributed by atoms with van der Waals surface area (Å²) >= 11 is 3.91. The molecule has 1 fully saturated rings. The van der Waals surface area contributed by atoms with E-state index in [4.69, 9.17) is 4.98 Å². The van der Waals surface area contributed by atoms with Crippen molar-refractivity contribution in [3.05, 3.63) is 16.1 Å². The number of hydrogen-bond donors (Lipinski definition) is 1. The molecule has 1 aliphatic rings. The van der Waals surface area contributed by atoms with E-state index in [0.717, 1.165) is 6.54 Å². The highest BCUT2D eigenvalue weighted by molar-refractivity contribution is 7.99. The lowest BCUT2D eigenvalue weighted by Gasteiger charge is -2.36. The molecule has 0 saturated carbocycles. The quantitative estimate of drug-likeness (QED) is 0.914. The molecule has 2 heterocycles. The predicted octanol–water partition coefficient (Wildman–Crippen LogP) is 3.77. The Balaban J connectivity index is 2.28. The summed E-state index contributed by atoms with van der Waals surface area (Å²) < 4.78 is 0. The topological polar surface area (TPSA) is 24.9 Å². The lowest BCUT2D eigenvalue weighted by molar-refractivity contribution is 0.312. The van der Waals surface area contributed by atoms with Crippen molar-refractivity contribution in [3.63, 3.8) is 0 Å². The van der Waals surface area contributed by atoms with Crippen LogP contribution in [0.25, 0.3) is 0 Å². The predicted molar refractivity (Wildman–Crippen MR) is 82.7 cm³/mol. The summed E-state index contributed by atoms with van der Waals surface area (Å²) in [7, 11) is 0. The Morgan fingerprint density at radius 1 is 1.33 bits per heavy atom. The Morgan fingerprint density at radius 3 is 2.50 bits per heavy atom. The van der Waals surface area contributed by atoms with Crippen LogP contribution < -0.4 is 5.32 Å². The fraction of sp³-hybridized carbons (Fsp3) is 0.786. The lowest BCUT2D eigenvalue weighted by atomic mass is 9.91. The Labute approximate surface area is 119 Å². The molecule has 0 unspecified atom stereocenters. The van der Waals surface area contributed by atoms with Gasteiger partial charge in [0.15, 0.2) is 0 Å². The number of rotatable bonds is 3. The van der Waals surface area contributed by atoms with Gasteiger partial charge in [-0.1, -0.05) is 27.7 Å². The molecule has 2 rings (SSSR count). The minimum atomic E-state index is 0.147. The van der Waals surface area contributed by atoms with Crippen molar-refractivity contribution < 1.29 is 0 Å². The number of thioether (sulfide) groups is 1. The fourth-order valence-corrected chi connectivity index (χ4v) is 4.83. The van der Waals surface area contributed by atoms with Crippen LogP contribution >= 0.6 is 23.1 Å². The molecular weight excluding hydrogens is 260 g/mol. The number of aromatic nitrogens is 1. The molecule has 0 spiro atoms. The minimum absolute atomic E-state index is 0.147. The zero-order valence-corrected chi connectivity index (χ0v) is 13.5. The first-order chi connectivity index (χ1) is 8.48. The third-order valence-electron chi connectivity index (χ3n) is 3.54. The van der Waals surface area contributed by atoms with E-state index >= 15 is 0 Å². The van der Waals surface area contributed by atoms with E-state index in [0.29, 0.717) is 0 Å². The van der Waals surface area contributed by atoms with E-state index in [9.17, 15) is 0 Å². The molecular formula is C14H24N2S2. The molecule has 1 aromatic rings. The van der Waals surface area contributed by atoms with E-state index in [1.807, 2.05) is 11.3 Å². The zero-order chi connectivity index (χ0) is 13.2. The van der Waals surface area contributed by atoms with Crippen molar-refractivity contribution in [2.24, 2.45) is 0 Å². The molecule has 0 aliphatic carbocycles. The average molecular weight is 284 g/mol. The van der Waals surface area contributed by atoms with Crippen molar-refractivity contribution >= 4 is 23.1 Å². The largest absolute Gasteiger partial charge is 0.306 e. The van der Waals surface area contributed by atoms with Gasteiger partial charge in [-0.15, -0.1) is 11.3 Å².